The van der Waals surface area contributed by atoms with Crippen LogP contribution in [0.1, 0.15) is 0 Å². The summed E-state index contributed by atoms with van der Waals surface area (Å²) in [5.41, 5.74) is 0. The summed E-state index contributed by atoms with van der Waals surface area (Å²) < 4.78 is 10.7. The van der Waals surface area contributed by atoms with Crippen LogP contribution in [0.15, 0.2) is 0 Å². The fraction of sp³-hybridized carbons (Fsp3) is 1.00. The first kappa shape index (κ1) is 29.2. The van der Waals surface area contributed by atoms with E-state index >= 15 is 0 Å². The Kier molecular flexibility index (Phi) is 86.0. The van der Waals surface area contributed by atoms with Crippen molar-refractivity contribution in [3.63, 3.8) is 0 Å². The van der Waals surface area contributed by atoms with E-state index in [4.69, 9.17) is 0 Å². The molecule has 0 atom stereocenters. The maximum Gasteiger partial charge on any atom is 1.00 e. The maximum absolute atomic E-state index is 10.8. The second kappa shape index (κ2) is 29.5. The van der Waals surface area contributed by atoms with E-state index in [1.807, 2.05) is 0 Å². The Hall–Kier alpha value is 3.35. The zero-order valence-corrected chi connectivity index (χ0v) is 14.4. The normalized spacial score (nSPS) is 5.40. The van der Waals surface area contributed by atoms with Crippen LogP contribution in [-0.2, 0) is 0 Å². The smallest absolute Gasteiger partial charge is 1.00 e. The van der Waals surface area contributed by atoms with Crippen LogP contribution in [0.3, 0.4) is 0 Å². The molecule has 0 amide bonds. The Morgan fingerprint density at radius 3 is 1.20 bits per heavy atom. The van der Waals surface area contributed by atoms with Crippen LogP contribution in [0.5, 0.6) is 0 Å². The second-order valence-electron chi connectivity index (χ2n) is 0.348. The summed E-state index contributed by atoms with van der Waals surface area (Å²) in [6.07, 6.45) is 0. The van der Waals surface area contributed by atoms with Crippen molar-refractivity contribution in [2.24, 2.45) is 0 Å². The quantitative estimate of drug-likeness (QED) is 0.299. The molecule has 0 radical (unpaired) electrons. The average molecular weight is 442 g/mol. The topological polar surface area (TPSA) is 0 Å². The van der Waals surface area contributed by atoms with Crippen molar-refractivity contribution in [1.82, 2.24) is 0 Å². The number of hydrogen-bond acceptors (Lipinski definition) is 0. The molecule has 0 aromatic carbocycles. The molecule has 0 unspecified atom stereocenters. The molecule has 0 saturated heterocycles. The summed E-state index contributed by atoms with van der Waals surface area (Å²) in [7, 11) is 0. The van der Waals surface area contributed by atoms with Crippen molar-refractivity contribution in [2.75, 3.05) is 4.24 Å². The van der Waals surface area contributed by atoms with Gasteiger partial charge in [-0.05, 0) is 31.9 Å². The van der Waals surface area contributed by atoms with E-state index in [2.05, 4.69) is 63.7 Å². The predicted molar refractivity (Wildman–Crippen MR) is 48.0 cm³/mol. The van der Waals surface area contributed by atoms with Gasteiger partial charge in [-0.3, -0.25) is 4.70 Å². The summed E-state index contributed by atoms with van der Waals surface area (Å²) in [6, 6.07) is 0. The molecule has 0 aromatic heterocycles. The van der Waals surface area contributed by atoms with Gasteiger partial charge < -0.3 is 4.70 Å². The molecular weight excluding hydrogens is 438 g/mol. The minimum absolute atomic E-state index is 0. The Labute approximate surface area is 134 Å². The van der Waals surface area contributed by atoms with Crippen LogP contribution in [0, 0.1) is 0 Å². The number of alkyl halides is 5. The predicted octanol–water partition coefficient (Wildman–Crippen LogP) is -2.08. The largest absolute Gasteiger partial charge is 1.00 e. The summed E-state index contributed by atoms with van der Waals surface area (Å²) in [5, 5.41) is 0. The molecule has 0 aromatic rings. The van der Waals surface area contributed by atoms with Crippen molar-refractivity contribution >= 4 is 63.7 Å². The van der Waals surface area contributed by atoms with E-state index in [0.717, 1.165) is 4.24 Å². The average Bonchev–Trinajstić information content (AvgIpc) is 1.33. The fourth-order valence-electron chi connectivity index (χ4n) is 0. The van der Waals surface area contributed by atoms with Gasteiger partial charge >= 0.3 is 51.4 Å². The number of hydrogen-bond donors (Lipinski definition) is 0. The molecule has 0 spiro atoms. The van der Waals surface area contributed by atoms with E-state index in [0.29, 0.717) is 0 Å². The standard InChI is InChI=1S/CHBr2F.CH2Br2.2FH.K/c2-1(3)4;2-1-3;;;/h1H;1H2;2*1H;/q;;;;+1/p-1/i4-1;;1-1;;. The van der Waals surface area contributed by atoms with Gasteiger partial charge in [-0.1, -0.05) is 31.9 Å². The minimum atomic E-state index is -1.04. The Morgan fingerprint density at radius 1 is 1.20 bits per heavy atom. The maximum atomic E-state index is 10.8. The van der Waals surface area contributed by atoms with Crippen LogP contribution in [0.4, 0.5) is 9.09 Å². The molecule has 8 heteroatoms. The van der Waals surface area contributed by atoms with Gasteiger partial charge in [0.1, 0.15) is 0 Å². The van der Waals surface area contributed by atoms with Crippen molar-refractivity contribution in [1.29, 1.82) is 0 Å². The van der Waals surface area contributed by atoms with Crippen LogP contribution in [-0.4, -0.2) is 8.23 Å². The van der Waals surface area contributed by atoms with E-state index in [1.165, 1.54) is 0 Å². The molecule has 0 aliphatic carbocycles. The van der Waals surface area contributed by atoms with Crippen molar-refractivity contribution in [3.8, 4) is 0 Å². The molecule has 0 N–H and O–H groups in total. The fourth-order valence-corrected chi connectivity index (χ4v) is 0. The molecule has 0 saturated carbocycles. The molecule has 0 fully saturated rings. The Bertz CT molecular complexity index is 29.7. The minimum Gasteiger partial charge on any atom is -1.00 e. The molecule has 0 aliphatic heterocycles. The molecular formula is C2H4Br4F3K. The monoisotopic (exact) mass is 438 g/mol. The molecule has 0 heterocycles. The van der Waals surface area contributed by atoms with E-state index in [1.54, 1.807) is 0 Å². The molecule has 0 rings (SSSR count). The molecule has 0 aliphatic rings. The van der Waals surface area contributed by atoms with Gasteiger partial charge in [0, 0.05) is 0 Å². The summed E-state index contributed by atoms with van der Waals surface area (Å²) >= 11 is 11.2. The van der Waals surface area contributed by atoms with Gasteiger partial charge in [0.15, 0.2) is 0 Å². The van der Waals surface area contributed by atoms with Gasteiger partial charge in [-0.15, -0.1) is 0 Å². The third kappa shape index (κ3) is 108. The molecule has 0 nitrogen and oxygen atoms in total. The third-order valence-corrected chi connectivity index (χ3v) is 0. The van der Waals surface area contributed by atoms with Crippen LogP contribution in [0.2, 0.25) is 0 Å². The van der Waals surface area contributed by atoms with Gasteiger partial charge in [0.2, 0.25) is 3.99 Å². The van der Waals surface area contributed by atoms with Gasteiger partial charge in [-0.2, -0.15) is 0 Å². The van der Waals surface area contributed by atoms with Crippen molar-refractivity contribution in [3.05, 3.63) is 0 Å². The first-order chi connectivity index (χ1) is 3.15. The SMILES string of the molecule is BrCBr.F.[18F-].[18F]C(Br)Br.[K+]. The van der Waals surface area contributed by atoms with Crippen LogP contribution in [0.25, 0.3) is 0 Å². The first-order valence-corrected chi connectivity index (χ1v) is 5.26. The van der Waals surface area contributed by atoms with Gasteiger partial charge in [-0.25, -0.2) is 4.39 Å². The van der Waals surface area contributed by atoms with E-state index in [-0.39, 0.29) is 60.8 Å². The molecule has 10 heavy (non-hydrogen) atoms. The van der Waals surface area contributed by atoms with Crippen LogP contribution < -0.4 is 56.1 Å². The second-order valence-corrected chi connectivity index (χ2v) is 5.81. The summed E-state index contributed by atoms with van der Waals surface area (Å²) in [6.45, 7) is 0. The van der Waals surface area contributed by atoms with Crippen molar-refractivity contribution in [2.45, 2.75) is 3.99 Å². The summed E-state index contributed by atoms with van der Waals surface area (Å²) in [5.74, 6) is 0. The van der Waals surface area contributed by atoms with E-state index < -0.39 is 3.99 Å². The van der Waals surface area contributed by atoms with Gasteiger partial charge in [0.25, 0.3) is 0 Å². The number of rotatable bonds is 0. The Balaban J connectivity index is -0.0000000131. The zero-order chi connectivity index (χ0) is 6.28. The van der Waals surface area contributed by atoms with Crippen molar-refractivity contribution < 1.29 is 65.2 Å². The molecule has 0 bridgehead atoms. The van der Waals surface area contributed by atoms with Gasteiger partial charge in [0.05, 0.1) is 4.24 Å². The first-order valence-electron chi connectivity index (χ1n) is 1.19. The summed E-state index contributed by atoms with van der Waals surface area (Å²) in [4.78, 5) is 0. The van der Waals surface area contributed by atoms with E-state index in [9.17, 15) is 4.39 Å². The molecule has 62 valence electrons. The van der Waals surface area contributed by atoms with Crippen LogP contribution >= 0.6 is 63.7 Å². The third-order valence-electron chi connectivity index (χ3n) is 0. The zero-order valence-electron chi connectivity index (χ0n) is 4.96. The Morgan fingerprint density at radius 2 is 1.20 bits per heavy atom. The number of halogens is 7.